The van der Waals surface area contributed by atoms with Crippen LogP contribution in [0.4, 0.5) is 15.8 Å². The number of halogens is 2. The second-order valence-electron chi connectivity index (χ2n) is 40.2. The maximum Gasteiger partial charge on any atom is 0.256 e. The molecule has 6 fully saturated rings. The number of nitrogen functional groups attached to an aromatic ring is 1. The van der Waals surface area contributed by atoms with E-state index in [1.165, 1.54) is 11.6 Å². The summed E-state index contributed by atoms with van der Waals surface area (Å²) in [6.45, 7) is 16.1. The fraction of sp³-hybridized carbons (Fsp3) is 0.400. The van der Waals surface area contributed by atoms with E-state index in [0.717, 1.165) is 269 Å². The van der Waals surface area contributed by atoms with Gasteiger partial charge in [0.25, 0.3) is 38.9 Å². The Morgan fingerprint density at radius 3 is 1.27 bits per heavy atom. The Bertz CT molecular complexity index is 7190. The first-order valence-corrected chi connectivity index (χ1v) is 50.8. The third-order valence-corrected chi connectivity index (χ3v) is 29.8. The molecule has 0 atom stereocenters. The summed E-state index contributed by atoms with van der Waals surface area (Å²) < 4.78 is 25.1. The van der Waals surface area contributed by atoms with E-state index in [1.54, 1.807) is 55.6 Å². The van der Waals surface area contributed by atoms with Crippen molar-refractivity contribution in [3.63, 3.8) is 0 Å². The summed E-state index contributed by atoms with van der Waals surface area (Å²) in [5, 5.41) is 21.5. The van der Waals surface area contributed by atoms with Crippen LogP contribution in [0.2, 0.25) is 5.02 Å². The van der Waals surface area contributed by atoms with Gasteiger partial charge in [-0.25, -0.2) is 4.39 Å². The molecule has 21 rings (SSSR count). The zero-order chi connectivity index (χ0) is 101. The minimum Gasteiger partial charge on any atom is -0.507 e. The Kier molecular flexibility index (Phi) is 35.6. The van der Waals surface area contributed by atoms with E-state index in [9.17, 15) is 43.1 Å². The molecule has 6 aliphatic rings. The first-order chi connectivity index (χ1) is 68.9. The monoisotopic (exact) mass is 1960 g/mol. The molecule has 10 N–H and O–H groups in total. The number of aryl methyl sites for hydroxylation is 2. The number of hydrogen-bond donors (Lipinski definition) is 9. The van der Waals surface area contributed by atoms with Gasteiger partial charge in [-0.3, -0.25) is 33.6 Å². The maximum atomic E-state index is 14.6. The van der Waals surface area contributed by atoms with Crippen molar-refractivity contribution in [3.8, 4) is 22.6 Å². The lowest BCUT2D eigenvalue weighted by molar-refractivity contribution is 0.0522. The number of anilines is 2. The Morgan fingerprint density at radius 1 is 0.385 bits per heavy atom. The number of likely N-dealkylation sites (tertiary alicyclic amines) is 6. The van der Waals surface area contributed by atoms with Crippen LogP contribution in [-0.4, -0.2) is 244 Å². The molecule has 0 aliphatic carbocycles. The minimum atomic E-state index is -0.256. The molecule has 0 bridgehead atoms. The standard InChI is InChI=1S/C21H21FN2O.C17H23N3O.C16H22N2O3.C16H20N2O.C15H17ClN2O.C15H19N3O.C15H18N2O2/c1-24-12-10-14(11-13-24)20-19(17-8-4-5-9-18(17)22)15-6-2-3-7-16(15)21(25)23-20;1-19(2)16-6-4-5-13-14(16)11-15(18-17(13)21)12-7-9-20(3)10-8-12;1-18(2)9-5-6-12-10-14-13(16(19)17-12)7-4-8-15(14)21-11-20-3;1-11-13-5-3-4-6-14(13)16(19)17-15(11)12-7-9-18(2)10-8-12;1-18-6-4-10(5-7-18)14-8-11-2-3-12(16)9-13(11)15(19)17-14;1-18-7-5-10(6-8-18)14-9-12-11(15(19)17-14)3-2-4-13(12)16;1-17-7-5-10(6-8-17)13-9-12-11(15(19)16-13)3-2-4-14(12)18/h2-9,14H,10-13H2,1H3,(H,23,25);4-6,11-12H,7-10H2,1-3H3,(H,18,21);4,7-8,10H,5-6,9,11H2,1-3H3,(H,17,19);3-6,12H,7-10H2,1-2H3,(H,17,19);2-3,8-10H,4-7H2,1H3,(H,17,19);2-4,9-10H,5-8,16H2,1H3,(H,17,19);2-4,9-10,18H,5-8H2,1H3,(H,16,19). The highest BCUT2D eigenvalue weighted by atomic mass is 35.5. The Labute approximate surface area is 839 Å². The van der Waals surface area contributed by atoms with Crippen molar-refractivity contribution >= 4 is 98.4 Å². The quantitative estimate of drug-likeness (QED) is 0.0340. The number of fused-ring (bicyclic) bond motifs is 7. The van der Waals surface area contributed by atoms with E-state index >= 15 is 0 Å². The second kappa shape index (κ2) is 48.6. The van der Waals surface area contributed by atoms with Crippen molar-refractivity contribution in [1.82, 2.24) is 69.2 Å². The van der Waals surface area contributed by atoms with E-state index < -0.39 is 0 Å². The number of nitrogens with zero attached hydrogens (tertiary/aromatic N) is 8. The molecular weight excluding hydrogens is 1820 g/mol. The number of piperidine rings is 6. The molecule has 26 nitrogen and oxygen atoms in total. The molecule has 13 heterocycles. The van der Waals surface area contributed by atoms with Gasteiger partial charge in [-0.2, -0.15) is 0 Å². The van der Waals surface area contributed by atoms with Crippen LogP contribution < -0.4 is 54.3 Å². The fourth-order valence-corrected chi connectivity index (χ4v) is 21.2. The minimum absolute atomic E-state index is 0.0290. The van der Waals surface area contributed by atoms with Crippen molar-refractivity contribution in [2.45, 2.75) is 132 Å². The molecule has 15 aromatic rings. The van der Waals surface area contributed by atoms with Crippen molar-refractivity contribution in [2.75, 3.05) is 180 Å². The van der Waals surface area contributed by atoms with Crippen LogP contribution in [0.5, 0.6) is 11.5 Å². The van der Waals surface area contributed by atoms with Gasteiger partial charge < -0.3 is 94.4 Å². The van der Waals surface area contributed by atoms with E-state index in [-0.39, 0.29) is 63.2 Å². The van der Waals surface area contributed by atoms with Gasteiger partial charge in [-0.15, -0.1) is 0 Å². The number of nitrogens with two attached hydrogens (primary N) is 1. The number of aromatic nitrogens is 7. The number of methoxy groups -OCH3 is 1. The summed E-state index contributed by atoms with van der Waals surface area (Å²) in [5.41, 5.74) is 17.2. The molecule has 0 unspecified atom stereocenters. The lowest BCUT2D eigenvalue weighted by Crippen LogP contribution is -2.30. The molecule has 0 radical (unpaired) electrons. The van der Waals surface area contributed by atoms with Gasteiger partial charge in [0, 0.05) is 173 Å². The molecule has 754 valence electrons. The van der Waals surface area contributed by atoms with Crippen molar-refractivity contribution in [3.05, 3.63) is 323 Å². The van der Waals surface area contributed by atoms with Crippen LogP contribution >= 0.6 is 11.6 Å². The van der Waals surface area contributed by atoms with Gasteiger partial charge in [0.15, 0.2) is 6.79 Å². The fourth-order valence-electron chi connectivity index (χ4n) is 21.0. The van der Waals surface area contributed by atoms with Gasteiger partial charge in [-0.1, -0.05) is 96.5 Å². The van der Waals surface area contributed by atoms with E-state index in [1.807, 2.05) is 137 Å². The SMILES string of the molecule is CN1CCC(c2[nH]c(=O)c3ccccc3c2-c2ccccc2F)CC1.CN1CCC(c2cc3c(N(C)C)cccc3c(=O)[nH]2)CC1.CN1CCC(c2cc3c(N)cccc3c(=O)[nH]2)CC1.CN1CCC(c2cc3c(O)cccc3c(=O)[nH]2)CC1.CN1CCC(c2cc3ccc(Cl)cc3c(=O)[nH]2)CC1.COCOc1cccc2c(=O)[nH]c(CCCN(C)C)cc12.Cc1c(C2CCN(C)CC2)[nH]c(=O)c2ccccc12. The predicted molar refractivity (Wildman–Crippen MR) is 584 cm³/mol. The summed E-state index contributed by atoms with van der Waals surface area (Å²) in [5.74, 6) is 3.08. The average Bonchev–Trinajstić information content (AvgIpc) is 0.761. The van der Waals surface area contributed by atoms with E-state index in [2.05, 4.69) is 154 Å². The second-order valence-corrected chi connectivity index (χ2v) is 40.6. The first-order valence-electron chi connectivity index (χ1n) is 50.4. The van der Waals surface area contributed by atoms with Gasteiger partial charge in [0.1, 0.15) is 17.3 Å². The van der Waals surface area contributed by atoms with Crippen molar-refractivity contribution in [1.29, 1.82) is 0 Å². The lowest BCUT2D eigenvalue weighted by Gasteiger charge is -2.30. The number of benzene rings is 8. The summed E-state index contributed by atoms with van der Waals surface area (Å²) in [6.07, 6.45) is 14.7. The highest BCUT2D eigenvalue weighted by Gasteiger charge is 2.30. The molecule has 0 amide bonds. The predicted octanol–water partition coefficient (Wildman–Crippen LogP) is 18.2. The Morgan fingerprint density at radius 2 is 0.762 bits per heavy atom. The molecule has 0 spiro atoms. The normalized spacial score (nSPS) is 16.6. The molecule has 6 aliphatic heterocycles. The number of nitrogens with one attached hydrogen (secondary N) is 7. The number of rotatable bonds is 15. The lowest BCUT2D eigenvalue weighted by atomic mass is 9.86. The molecule has 28 heteroatoms. The number of hydrogen-bond acceptors (Lipinski definition) is 19. The zero-order valence-electron chi connectivity index (χ0n) is 84.8. The molecular formula is C115H140ClFN16O10. The number of phenolic OH excluding ortho intramolecular Hbond substituents is 1. The Hall–Kier alpha value is -12.7. The topological polar surface area (TPSA) is 321 Å². The molecule has 6 saturated heterocycles. The number of aromatic amines is 7. The number of pyridine rings is 7. The summed E-state index contributed by atoms with van der Waals surface area (Å²) >= 11 is 5.94. The number of ether oxygens (including phenoxy) is 2. The third-order valence-electron chi connectivity index (χ3n) is 29.5. The van der Waals surface area contributed by atoms with Gasteiger partial charge in [0.05, 0.1) is 10.8 Å². The van der Waals surface area contributed by atoms with Crippen LogP contribution in [-0.2, 0) is 11.2 Å². The maximum absolute atomic E-state index is 14.6. The number of aromatic hydroxyl groups is 1. The molecule has 143 heavy (non-hydrogen) atoms. The summed E-state index contributed by atoms with van der Waals surface area (Å²) in [4.78, 5) is 125. The van der Waals surface area contributed by atoms with Crippen LogP contribution in [0.25, 0.3) is 86.5 Å². The molecule has 7 aromatic heterocycles. The van der Waals surface area contributed by atoms with Gasteiger partial charge >= 0.3 is 0 Å². The average molecular weight is 1960 g/mol. The number of phenols is 1. The largest absolute Gasteiger partial charge is 0.507 e. The van der Waals surface area contributed by atoms with Crippen molar-refractivity contribution in [2.24, 2.45) is 0 Å². The van der Waals surface area contributed by atoms with Crippen LogP contribution in [0.3, 0.4) is 0 Å². The summed E-state index contributed by atoms with van der Waals surface area (Å²) in [6, 6.07) is 59.9. The molecule has 0 saturated carbocycles. The van der Waals surface area contributed by atoms with Gasteiger partial charge in [0.2, 0.25) is 0 Å². The highest BCUT2D eigenvalue weighted by Crippen LogP contribution is 2.41. The number of H-pyrrole nitrogens is 7. The first kappa shape index (κ1) is 105. The van der Waals surface area contributed by atoms with Crippen LogP contribution in [0, 0.1) is 12.7 Å². The van der Waals surface area contributed by atoms with Crippen LogP contribution in [0.15, 0.2) is 228 Å². The zero-order valence-corrected chi connectivity index (χ0v) is 85.5. The highest BCUT2D eigenvalue weighted by molar-refractivity contribution is 6.31. The molecule has 8 aromatic carbocycles. The van der Waals surface area contributed by atoms with Crippen molar-refractivity contribution < 1.29 is 19.0 Å². The van der Waals surface area contributed by atoms with Gasteiger partial charge in [-0.05, 0) is 369 Å². The van der Waals surface area contributed by atoms with E-state index in [4.69, 9.17) is 26.8 Å². The van der Waals surface area contributed by atoms with E-state index in [0.29, 0.717) is 83.9 Å². The third kappa shape index (κ3) is 26.1. The Balaban J connectivity index is 0.000000126. The summed E-state index contributed by atoms with van der Waals surface area (Å²) in [7, 11) is 22.5. The van der Waals surface area contributed by atoms with Crippen LogP contribution in [0.1, 0.15) is 164 Å². The smallest absolute Gasteiger partial charge is 0.256 e.